The van der Waals surface area contributed by atoms with E-state index in [0.717, 1.165) is 4.91 Å². The molecule has 0 saturated carbocycles. The molecule has 0 radical (unpaired) electrons. The van der Waals surface area contributed by atoms with Gasteiger partial charge in [-0.2, -0.15) is 0 Å². The number of carbonyl (C=O) groups is 1. The molecule has 0 bridgehead atoms. The Labute approximate surface area is 65.9 Å². The lowest BCUT2D eigenvalue weighted by molar-refractivity contribution is -0.118. The summed E-state index contributed by atoms with van der Waals surface area (Å²) in [6.07, 6.45) is 0.591. The lowest BCUT2D eigenvalue weighted by Crippen LogP contribution is -2.16. The Kier molecular flexibility index (Phi) is 2.19. The Hall–Kier alpha value is -0.240. The summed E-state index contributed by atoms with van der Waals surface area (Å²) in [7, 11) is 0. The predicted molar refractivity (Wildman–Crippen MR) is 45.0 cm³/mol. The fourth-order valence-electron chi connectivity index (χ4n) is 1.09. The Morgan fingerprint density at radius 3 is 2.50 bits per heavy atom. The van der Waals surface area contributed by atoms with Crippen LogP contribution >= 0.6 is 11.8 Å². The Morgan fingerprint density at radius 2 is 2.30 bits per heavy atom. The van der Waals surface area contributed by atoms with Crippen LogP contribution in [0.3, 0.4) is 0 Å². The molecule has 2 heteroatoms. The van der Waals surface area contributed by atoms with Crippen LogP contribution in [0.25, 0.3) is 0 Å². The molecular formula is C8H12OS. The van der Waals surface area contributed by atoms with E-state index in [-0.39, 0.29) is 5.25 Å². The Morgan fingerprint density at radius 1 is 1.70 bits per heavy atom. The second-order valence-electron chi connectivity index (χ2n) is 2.96. The molecule has 1 fully saturated rings. The first-order valence-electron chi connectivity index (χ1n) is 3.48. The van der Waals surface area contributed by atoms with Crippen molar-refractivity contribution in [2.45, 2.75) is 25.5 Å². The van der Waals surface area contributed by atoms with E-state index >= 15 is 0 Å². The summed E-state index contributed by atoms with van der Waals surface area (Å²) in [4.78, 5) is 12.2. The van der Waals surface area contributed by atoms with E-state index in [9.17, 15) is 4.79 Å². The highest BCUT2D eigenvalue weighted by Gasteiger charge is 2.29. The van der Waals surface area contributed by atoms with Gasteiger partial charge in [-0.1, -0.05) is 20.4 Å². The third-order valence-electron chi connectivity index (χ3n) is 1.59. The van der Waals surface area contributed by atoms with Crippen LogP contribution in [0.5, 0.6) is 0 Å². The highest BCUT2D eigenvalue weighted by atomic mass is 32.2. The molecule has 1 aliphatic rings. The van der Waals surface area contributed by atoms with Crippen molar-refractivity contribution in [2.75, 3.05) is 0 Å². The molecule has 1 nitrogen and oxygen atoms in total. The van der Waals surface area contributed by atoms with Crippen LogP contribution in [0.15, 0.2) is 11.5 Å². The monoisotopic (exact) mass is 156 g/mol. The van der Waals surface area contributed by atoms with Gasteiger partial charge in [0.2, 0.25) is 0 Å². The minimum absolute atomic E-state index is 0.187. The molecule has 0 spiro atoms. The number of ketones is 1. The summed E-state index contributed by atoms with van der Waals surface area (Å²) in [6.45, 7) is 7.93. The van der Waals surface area contributed by atoms with E-state index in [4.69, 9.17) is 0 Å². The van der Waals surface area contributed by atoms with Gasteiger partial charge in [0.05, 0.1) is 5.25 Å². The molecule has 10 heavy (non-hydrogen) atoms. The van der Waals surface area contributed by atoms with E-state index in [1.165, 1.54) is 0 Å². The summed E-state index contributed by atoms with van der Waals surface area (Å²) >= 11 is 1.64. The van der Waals surface area contributed by atoms with Crippen molar-refractivity contribution in [2.24, 2.45) is 5.92 Å². The largest absolute Gasteiger partial charge is 0.298 e. The average Bonchev–Trinajstić information content (AvgIpc) is 2.10. The van der Waals surface area contributed by atoms with Crippen molar-refractivity contribution in [3.63, 3.8) is 0 Å². The standard InChI is InChI=1S/C8H12OS/c1-5(2)8-7(9)4-6(3)10-8/h5,8H,3-4H2,1-2H3. The van der Waals surface area contributed by atoms with Gasteiger partial charge < -0.3 is 0 Å². The van der Waals surface area contributed by atoms with Crippen LogP contribution in [0.2, 0.25) is 0 Å². The van der Waals surface area contributed by atoms with Gasteiger partial charge in [-0.15, -0.1) is 11.8 Å². The number of carbonyl (C=O) groups excluding carboxylic acids is 1. The average molecular weight is 156 g/mol. The van der Waals surface area contributed by atoms with Gasteiger partial charge in [0.1, 0.15) is 0 Å². The molecule has 1 heterocycles. The number of thioether (sulfide) groups is 1. The first-order chi connectivity index (χ1) is 4.61. The van der Waals surface area contributed by atoms with Gasteiger partial charge in [-0.05, 0) is 10.8 Å². The van der Waals surface area contributed by atoms with Gasteiger partial charge in [0.15, 0.2) is 5.78 Å². The molecule has 1 atom stereocenters. The van der Waals surface area contributed by atoms with Gasteiger partial charge >= 0.3 is 0 Å². The third kappa shape index (κ3) is 1.43. The van der Waals surface area contributed by atoms with E-state index in [0.29, 0.717) is 18.1 Å². The lowest BCUT2D eigenvalue weighted by atomic mass is 10.1. The topological polar surface area (TPSA) is 17.1 Å². The predicted octanol–water partition coefficient (Wildman–Crippen LogP) is 2.23. The van der Waals surface area contributed by atoms with Gasteiger partial charge in [-0.3, -0.25) is 4.79 Å². The third-order valence-corrected chi connectivity index (χ3v) is 3.13. The van der Waals surface area contributed by atoms with Crippen LogP contribution in [0.1, 0.15) is 20.3 Å². The molecule has 0 N–H and O–H groups in total. The fourth-order valence-corrected chi connectivity index (χ4v) is 2.16. The SMILES string of the molecule is C=C1CC(=O)C(C(C)C)S1. The molecule has 1 rings (SSSR count). The maximum Gasteiger partial charge on any atom is 0.151 e. The lowest BCUT2D eigenvalue weighted by Gasteiger charge is -2.09. The number of rotatable bonds is 1. The summed E-state index contributed by atoms with van der Waals surface area (Å²) in [5.74, 6) is 0.807. The van der Waals surface area contributed by atoms with Gasteiger partial charge in [-0.25, -0.2) is 0 Å². The van der Waals surface area contributed by atoms with Crippen molar-refractivity contribution in [3.05, 3.63) is 11.5 Å². The normalized spacial score (nSPS) is 26.5. The molecule has 56 valence electrons. The number of hydrogen-bond donors (Lipinski definition) is 0. The van der Waals surface area contributed by atoms with E-state index in [2.05, 4.69) is 20.4 Å². The van der Waals surface area contributed by atoms with Crippen LogP contribution in [-0.2, 0) is 4.79 Å². The summed E-state index contributed by atoms with van der Waals surface area (Å²) < 4.78 is 0. The fraction of sp³-hybridized carbons (Fsp3) is 0.625. The highest BCUT2D eigenvalue weighted by Crippen LogP contribution is 2.36. The molecule has 0 aromatic carbocycles. The minimum Gasteiger partial charge on any atom is -0.298 e. The van der Waals surface area contributed by atoms with Crippen molar-refractivity contribution in [1.82, 2.24) is 0 Å². The second kappa shape index (κ2) is 2.79. The Balaban J connectivity index is 2.63. The zero-order valence-electron chi connectivity index (χ0n) is 6.39. The quantitative estimate of drug-likeness (QED) is 0.579. The maximum absolute atomic E-state index is 11.1. The zero-order valence-corrected chi connectivity index (χ0v) is 7.20. The molecule has 0 aromatic heterocycles. The van der Waals surface area contributed by atoms with Crippen molar-refractivity contribution >= 4 is 17.5 Å². The van der Waals surface area contributed by atoms with E-state index in [1.54, 1.807) is 11.8 Å². The first-order valence-corrected chi connectivity index (χ1v) is 4.36. The molecule has 1 aliphatic heterocycles. The molecular weight excluding hydrogens is 144 g/mol. The van der Waals surface area contributed by atoms with Crippen molar-refractivity contribution in [3.8, 4) is 0 Å². The van der Waals surface area contributed by atoms with Crippen LogP contribution in [0.4, 0.5) is 0 Å². The molecule has 0 amide bonds. The number of hydrogen-bond acceptors (Lipinski definition) is 2. The molecule has 1 saturated heterocycles. The van der Waals surface area contributed by atoms with Crippen LogP contribution < -0.4 is 0 Å². The minimum atomic E-state index is 0.187. The van der Waals surface area contributed by atoms with Gasteiger partial charge in [0, 0.05) is 6.42 Å². The maximum atomic E-state index is 11.1. The van der Waals surface area contributed by atoms with Crippen LogP contribution in [0, 0.1) is 5.92 Å². The smallest absolute Gasteiger partial charge is 0.151 e. The number of Topliss-reactive ketones (excluding diaryl/α,β-unsaturated/α-hetero) is 1. The second-order valence-corrected chi connectivity index (χ2v) is 4.29. The molecule has 0 aromatic rings. The van der Waals surface area contributed by atoms with Crippen LogP contribution in [-0.4, -0.2) is 11.0 Å². The summed E-state index contributed by atoms with van der Waals surface area (Å²) in [5.41, 5.74) is 0. The van der Waals surface area contributed by atoms with E-state index in [1.807, 2.05) is 0 Å². The zero-order chi connectivity index (χ0) is 7.72. The Bertz CT molecular complexity index is 172. The first kappa shape index (κ1) is 7.86. The van der Waals surface area contributed by atoms with Crippen molar-refractivity contribution in [1.29, 1.82) is 0 Å². The number of allylic oxidation sites excluding steroid dienone is 1. The molecule has 1 unspecified atom stereocenters. The molecule has 0 aliphatic carbocycles. The van der Waals surface area contributed by atoms with Crippen molar-refractivity contribution < 1.29 is 4.79 Å². The van der Waals surface area contributed by atoms with E-state index < -0.39 is 0 Å². The summed E-state index contributed by atoms with van der Waals surface area (Å²) in [5, 5.41) is 0.187. The summed E-state index contributed by atoms with van der Waals surface area (Å²) in [6, 6.07) is 0. The highest BCUT2D eigenvalue weighted by molar-refractivity contribution is 8.04. The van der Waals surface area contributed by atoms with Gasteiger partial charge in [0.25, 0.3) is 0 Å².